The van der Waals surface area contributed by atoms with E-state index in [0.29, 0.717) is 0 Å². The van der Waals surface area contributed by atoms with E-state index in [-0.39, 0.29) is 0 Å². The Morgan fingerprint density at radius 2 is 1.62 bits per heavy atom. The normalized spacial score (nSPS) is 10.4. The first-order chi connectivity index (χ1) is 11.8. The van der Waals surface area contributed by atoms with Gasteiger partial charge < -0.3 is 15.4 Å². The van der Waals surface area contributed by atoms with Gasteiger partial charge in [-0.15, -0.1) is 0 Å². The van der Waals surface area contributed by atoms with Crippen LogP contribution in [0.25, 0.3) is 0 Å². The minimum absolute atomic E-state index is 0.755. The van der Waals surface area contributed by atoms with Crippen molar-refractivity contribution in [3.05, 3.63) is 53.6 Å². The van der Waals surface area contributed by atoms with Gasteiger partial charge in [0.15, 0.2) is 0 Å². The third kappa shape index (κ3) is 7.14. The smallest absolute Gasteiger partial charge is 0.121 e. The van der Waals surface area contributed by atoms with Gasteiger partial charge in [0.2, 0.25) is 0 Å². The average Bonchev–Trinajstić information content (AvgIpc) is 2.60. The van der Waals surface area contributed by atoms with Crippen LogP contribution in [0.3, 0.4) is 0 Å². The highest BCUT2D eigenvalue weighted by molar-refractivity contribution is 6.30. The molecule has 130 valence electrons. The second kappa shape index (κ2) is 10.8. The lowest BCUT2D eigenvalue weighted by atomic mass is 10.2. The molecular weight excluding hydrogens is 320 g/mol. The highest BCUT2D eigenvalue weighted by Gasteiger charge is 1.98. The van der Waals surface area contributed by atoms with E-state index < -0.39 is 0 Å². The van der Waals surface area contributed by atoms with Crippen molar-refractivity contribution in [1.29, 1.82) is 0 Å². The maximum atomic E-state index is 5.88. The molecule has 2 aromatic rings. The molecule has 0 aliphatic rings. The zero-order chi connectivity index (χ0) is 17.0. The third-order valence-corrected chi connectivity index (χ3v) is 3.98. The topological polar surface area (TPSA) is 33.3 Å². The second-order valence-corrected chi connectivity index (χ2v) is 6.23. The summed E-state index contributed by atoms with van der Waals surface area (Å²) in [6, 6.07) is 15.9. The van der Waals surface area contributed by atoms with Crippen molar-refractivity contribution in [2.75, 3.05) is 30.3 Å². The van der Waals surface area contributed by atoms with E-state index in [4.69, 9.17) is 16.3 Å². The molecule has 0 amide bonds. The van der Waals surface area contributed by atoms with Gasteiger partial charge in [0, 0.05) is 35.6 Å². The fourth-order valence-electron chi connectivity index (χ4n) is 2.40. The molecule has 0 heterocycles. The standard InChI is InChI=1S/C20H27ClN2O/c1-2-3-4-5-15-24-20-8-6-7-19(16-20)23-14-13-22-18-11-9-17(21)10-12-18/h6-12,16,22-23H,2-5,13-15H2,1H3. The van der Waals surface area contributed by atoms with Crippen molar-refractivity contribution >= 4 is 23.0 Å². The molecule has 0 spiro atoms. The zero-order valence-electron chi connectivity index (χ0n) is 14.4. The van der Waals surface area contributed by atoms with Gasteiger partial charge in [-0.25, -0.2) is 0 Å². The first kappa shape index (κ1) is 18.5. The van der Waals surface area contributed by atoms with Crippen molar-refractivity contribution in [1.82, 2.24) is 0 Å². The number of nitrogens with one attached hydrogen (secondary N) is 2. The Hall–Kier alpha value is -1.87. The van der Waals surface area contributed by atoms with Gasteiger partial charge in [-0.3, -0.25) is 0 Å². The van der Waals surface area contributed by atoms with Crippen molar-refractivity contribution in [2.45, 2.75) is 32.6 Å². The molecule has 3 nitrogen and oxygen atoms in total. The van der Waals surface area contributed by atoms with Crippen LogP contribution in [0.1, 0.15) is 32.6 Å². The molecule has 0 saturated heterocycles. The molecule has 0 fully saturated rings. The SMILES string of the molecule is CCCCCCOc1cccc(NCCNc2ccc(Cl)cc2)c1. The van der Waals surface area contributed by atoms with Crippen LogP contribution in [0.4, 0.5) is 11.4 Å². The Bertz CT molecular complexity index is 586. The molecule has 0 radical (unpaired) electrons. The number of halogens is 1. The van der Waals surface area contributed by atoms with E-state index in [9.17, 15) is 0 Å². The molecular formula is C20H27ClN2O. The number of hydrogen-bond donors (Lipinski definition) is 2. The van der Waals surface area contributed by atoms with Gasteiger partial charge in [0.05, 0.1) is 6.61 Å². The molecule has 0 unspecified atom stereocenters. The molecule has 0 bridgehead atoms. The van der Waals surface area contributed by atoms with Crippen LogP contribution in [0.15, 0.2) is 48.5 Å². The van der Waals surface area contributed by atoms with Crippen LogP contribution in [-0.2, 0) is 0 Å². The largest absolute Gasteiger partial charge is 0.494 e. The molecule has 4 heteroatoms. The number of hydrogen-bond acceptors (Lipinski definition) is 3. The van der Waals surface area contributed by atoms with Crippen LogP contribution in [0.5, 0.6) is 5.75 Å². The van der Waals surface area contributed by atoms with Gasteiger partial charge in [-0.05, 0) is 42.8 Å². The molecule has 0 aliphatic heterocycles. The zero-order valence-corrected chi connectivity index (χ0v) is 15.1. The van der Waals surface area contributed by atoms with Gasteiger partial charge in [0.1, 0.15) is 5.75 Å². The quantitative estimate of drug-likeness (QED) is 0.503. The first-order valence-electron chi connectivity index (χ1n) is 8.74. The van der Waals surface area contributed by atoms with Crippen molar-refractivity contribution in [2.24, 2.45) is 0 Å². The summed E-state index contributed by atoms with van der Waals surface area (Å²) in [7, 11) is 0. The predicted molar refractivity (Wildman–Crippen MR) is 105 cm³/mol. The van der Waals surface area contributed by atoms with Crippen LogP contribution in [0.2, 0.25) is 5.02 Å². The maximum absolute atomic E-state index is 5.88. The Labute approximate surface area is 150 Å². The monoisotopic (exact) mass is 346 g/mol. The Morgan fingerprint density at radius 3 is 2.38 bits per heavy atom. The van der Waals surface area contributed by atoms with E-state index in [1.165, 1.54) is 19.3 Å². The lowest BCUT2D eigenvalue weighted by molar-refractivity contribution is 0.305. The van der Waals surface area contributed by atoms with E-state index in [1.54, 1.807) is 0 Å². The summed E-state index contributed by atoms with van der Waals surface area (Å²) >= 11 is 5.88. The number of benzene rings is 2. The average molecular weight is 347 g/mol. The van der Waals surface area contributed by atoms with Crippen LogP contribution < -0.4 is 15.4 Å². The summed E-state index contributed by atoms with van der Waals surface area (Å²) in [6.45, 7) is 4.69. The van der Waals surface area contributed by atoms with Gasteiger partial charge in [-0.2, -0.15) is 0 Å². The van der Waals surface area contributed by atoms with E-state index in [0.717, 1.165) is 48.3 Å². The lowest BCUT2D eigenvalue weighted by Crippen LogP contribution is -2.13. The number of rotatable bonds is 11. The molecule has 0 aromatic heterocycles. The molecule has 24 heavy (non-hydrogen) atoms. The molecule has 2 aromatic carbocycles. The maximum Gasteiger partial charge on any atom is 0.121 e. The number of ether oxygens (including phenoxy) is 1. The summed E-state index contributed by atoms with van der Waals surface area (Å²) in [6.07, 6.45) is 4.90. The Kier molecular flexibility index (Phi) is 8.33. The minimum atomic E-state index is 0.755. The molecule has 2 rings (SSSR count). The second-order valence-electron chi connectivity index (χ2n) is 5.80. The summed E-state index contributed by atoms with van der Waals surface area (Å²) in [5, 5.41) is 7.52. The number of anilines is 2. The summed E-state index contributed by atoms with van der Waals surface area (Å²) in [5.41, 5.74) is 2.16. The van der Waals surface area contributed by atoms with Gasteiger partial charge >= 0.3 is 0 Å². The highest BCUT2D eigenvalue weighted by Crippen LogP contribution is 2.18. The summed E-state index contributed by atoms with van der Waals surface area (Å²) in [5.74, 6) is 0.933. The van der Waals surface area contributed by atoms with E-state index >= 15 is 0 Å². The van der Waals surface area contributed by atoms with Crippen molar-refractivity contribution in [3.63, 3.8) is 0 Å². The lowest BCUT2D eigenvalue weighted by Gasteiger charge is -2.11. The minimum Gasteiger partial charge on any atom is -0.494 e. The van der Waals surface area contributed by atoms with Crippen LogP contribution in [-0.4, -0.2) is 19.7 Å². The number of unbranched alkanes of at least 4 members (excludes halogenated alkanes) is 3. The predicted octanol–water partition coefficient (Wildman–Crippen LogP) is 5.82. The Balaban J connectivity index is 1.67. The van der Waals surface area contributed by atoms with Gasteiger partial charge in [-0.1, -0.05) is 43.9 Å². The van der Waals surface area contributed by atoms with E-state index in [2.05, 4.69) is 29.7 Å². The van der Waals surface area contributed by atoms with Gasteiger partial charge in [0.25, 0.3) is 0 Å². The fraction of sp³-hybridized carbons (Fsp3) is 0.400. The Morgan fingerprint density at radius 1 is 0.875 bits per heavy atom. The molecule has 0 saturated carbocycles. The highest BCUT2D eigenvalue weighted by atomic mass is 35.5. The molecule has 0 aliphatic carbocycles. The van der Waals surface area contributed by atoms with Crippen LogP contribution in [0, 0.1) is 0 Å². The molecule has 0 atom stereocenters. The van der Waals surface area contributed by atoms with Crippen molar-refractivity contribution in [3.8, 4) is 5.75 Å². The fourth-order valence-corrected chi connectivity index (χ4v) is 2.52. The van der Waals surface area contributed by atoms with Crippen LogP contribution >= 0.6 is 11.6 Å². The summed E-state index contributed by atoms with van der Waals surface area (Å²) in [4.78, 5) is 0. The van der Waals surface area contributed by atoms with E-state index in [1.807, 2.05) is 36.4 Å². The molecule has 2 N–H and O–H groups in total. The third-order valence-electron chi connectivity index (χ3n) is 3.73. The summed E-state index contributed by atoms with van der Waals surface area (Å²) < 4.78 is 5.81. The first-order valence-corrected chi connectivity index (χ1v) is 9.12. The van der Waals surface area contributed by atoms with Crippen molar-refractivity contribution < 1.29 is 4.74 Å².